The first-order valence-corrected chi connectivity index (χ1v) is 4.69. The lowest BCUT2D eigenvalue weighted by Crippen LogP contribution is -2.42. The van der Waals surface area contributed by atoms with Crippen molar-refractivity contribution in [3.05, 3.63) is 35.4 Å². The summed E-state index contributed by atoms with van der Waals surface area (Å²) in [7, 11) is 2.04. The van der Waals surface area contributed by atoms with Crippen molar-refractivity contribution in [3.8, 4) is 0 Å². The molecule has 0 spiro atoms. The van der Waals surface area contributed by atoms with E-state index < -0.39 is 5.97 Å². The lowest BCUT2D eigenvalue weighted by atomic mass is 9.88. The van der Waals surface area contributed by atoms with Crippen LogP contribution in [-0.2, 0) is 0 Å². The molecule has 1 fully saturated rings. The van der Waals surface area contributed by atoms with E-state index in [2.05, 4.69) is 4.90 Å². The average Bonchev–Trinajstić information content (AvgIpc) is 2.13. The lowest BCUT2D eigenvalue weighted by Gasteiger charge is -2.37. The fraction of sp³-hybridized carbons (Fsp3) is 0.364. The van der Waals surface area contributed by atoms with Crippen LogP contribution in [0.1, 0.15) is 21.8 Å². The predicted molar refractivity (Wildman–Crippen MR) is 53.6 cm³/mol. The number of aromatic carboxylic acids is 1. The first-order valence-electron chi connectivity index (χ1n) is 4.69. The summed E-state index contributed by atoms with van der Waals surface area (Å²) in [5, 5.41) is 8.99. The molecule has 14 heavy (non-hydrogen) atoms. The Labute approximate surface area is 83.0 Å². The molecule has 0 aromatic heterocycles. The Bertz CT molecular complexity index is 356. The van der Waals surface area contributed by atoms with Gasteiger partial charge >= 0.3 is 5.97 Å². The van der Waals surface area contributed by atoms with Crippen LogP contribution in [0.5, 0.6) is 0 Å². The SMILES string of the molecule is CN1CC(c2ccccc2C(=O)O)C1. The number of carboxylic acid groups (broad SMARTS) is 1. The van der Waals surface area contributed by atoms with Gasteiger partial charge < -0.3 is 10.0 Å². The fourth-order valence-corrected chi connectivity index (χ4v) is 1.94. The van der Waals surface area contributed by atoms with Gasteiger partial charge in [-0.1, -0.05) is 18.2 Å². The molecule has 0 unspecified atom stereocenters. The summed E-state index contributed by atoms with van der Waals surface area (Å²) in [6.45, 7) is 1.93. The number of hydrogen-bond acceptors (Lipinski definition) is 2. The van der Waals surface area contributed by atoms with Crippen molar-refractivity contribution in [2.45, 2.75) is 5.92 Å². The summed E-state index contributed by atoms with van der Waals surface area (Å²) in [5.74, 6) is -0.428. The number of hydrogen-bond donors (Lipinski definition) is 1. The van der Waals surface area contributed by atoms with Gasteiger partial charge in [0.2, 0.25) is 0 Å². The van der Waals surface area contributed by atoms with E-state index in [9.17, 15) is 4.79 Å². The van der Waals surface area contributed by atoms with E-state index in [1.165, 1.54) is 0 Å². The molecule has 0 amide bonds. The van der Waals surface area contributed by atoms with Gasteiger partial charge in [0.1, 0.15) is 0 Å². The van der Waals surface area contributed by atoms with E-state index >= 15 is 0 Å². The Balaban J connectivity index is 2.28. The van der Waals surface area contributed by atoms with Gasteiger partial charge in [-0.25, -0.2) is 4.79 Å². The van der Waals surface area contributed by atoms with Crippen molar-refractivity contribution in [2.75, 3.05) is 20.1 Å². The van der Waals surface area contributed by atoms with Crippen LogP contribution in [0, 0.1) is 0 Å². The number of carboxylic acids is 1. The maximum absolute atomic E-state index is 10.9. The fourth-order valence-electron chi connectivity index (χ4n) is 1.94. The molecular formula is C11H13NO2. The van der Waals surface area contributed by atoms with Crippen LogP contribution in [0.3, 0.4) is 0 Å². The highest BCUT2D eigenvalue weighted by atomic mass is 16.4. The molecule has 1 N–H and O–H groups in total. The molecule has 0 aliphatic carbocycles. The second kappa shape index (κ2) is 3.42. The van der Waals surface area contributed by atoms with Gasteiger partial charge in [0.05, 0.1) is 5.56 Å². The molecular weight excluding hydrogens is 178 g/mol. The van der Waals surface area contributed by atoms with Crippen LogP contribution < -0.4 is 0 Å². The Kier molecular flexibility index (Phi) is 2.25. The molecule has 1 saturated heterocycles. The molecule has 1 aliphatic heterocycles. The monoisotopic (exact) mass is 191 g/mol. The highest BCUT2D eigenvalue weighted by Gasteiger charge is 2.27. The molecule has 1 heterocycles. The van der Waals surface area contributed by atoms with Gasteiger partial charge in [0.25, 0.3) is 0 Å². The second-order valence-corrected chi connectivity index (χ2v) is 3.81. The molecule has 74 valence electrons. The summed E-state index contributed by atoms with van der Waals surface area (Å²) >= 11 is 0. The summed E-state index contributed by atoms with van der Waals surface area (Å²) < 4.78 is 0. The molecule has 0 saturated carbocycles. The minimum absolute atomic E-state index is 0.396. The van der Waals surface area contributed by atoms with E-state index in [4.69, 9.17) is 5.11 Å². The number of rotatable bonds is 2. The first-order chi connectivity index (χ1) is 6.68. The number of benzene rings is 1. The van der Waals surface area contributed by atoms with Crippen molar-refractivity contribution in [3.63, 3.8) is 0 Å². The van der Waals surface area contributed by atoms with Gasteiger partial charge in [-0.3, -0.25) is 0 Å². The number of carbonyl (C=O) groups is 1. The topological polar surface area (TPSA) is 40.5 Å². The Hall–Kier alpha value is -1.35. The third-order valence-corrected chi connectivity index (χ3v) is 2.70. The molecule has 1 aliphatic rings. The van der Waals surface area contributed by atoms with Crippen molar-refractivity contribution >= 4 is 5.97 Å². The van der Waals surface area contributed by atoms with Crippen LogP contribution in [0.15, 0.2) is 24.3 Å². The standard InChI is InChI=1S/C11H13NO2/c1-12-6-8(7-12)9-4-2-3-5-10(9)11(13)14/h2-5,8H,6-7H2,1H3,(H,13,14). The zero-order chi connectivity index (χ0) is 10.1. The third kappa shape index (κ3) is 1.51. The maximum atomic E-state index is 10.9. The molecule has 0 radical (unpaired) electrons. The van der Waals surface area contributed by atoms with Gasteiger partial charge in [0, 0.05) is 19.0 Å². The minimum Gasteiger partial charge on any atom is -0.478 e. The van der Waals surface area contributed by atoms with Gasteiger partial charge in [0.15, 0.2) is 0 Å². The maximum Gasteiger partial charge on any atom is 0.335 e. The van der Waals surface area contributed by atoms with Gasteiger partial charge in [-0.05, 0) is 18.7 Å². The van der Waals surface area contributed by atoms with E-state index in [0.29, 0.717) is 11.5 Å². The average molecular weight is 191 g/mol. The number of nitrogens with zero attached hydrogens (tertiary/aromatic N) is 1. The molecule has 2 rings (SSSR count). The molecule has 0 bridgehead atoms. The summed E-state index contributed by atoms with van der Waals surface area (Å²) in [6.07, 6.45) is 0. The van der Waals surface area contributed by atoms with Crippen molar-refractivity contribution < 1.29 is 9.90 Å². The van der Waals surface area contributed by atoms with Crippen LogP contribution in [-0.4, -0.2) is 36.1 Å². The van der Waals surface area contributed by atoms with Crippen molar-refractivity contribution in [1.82, 2.24) is 4.90 Å². The predicted octanol–water partition coefficient (Wildman–Crippen LogP) is 1.41. The highest BCUT2D eigenvalue weighted by molar-refractivity contribution is 5.89. The third-order valence-electron chi connectivity index (χ3n) is 2.70. The van der Waals surface area contributed by atoms with Gasteiger partial charge in [-0.2, -0.15) is 0 Å². The number of likely N-dealkylation sites (N-methyl/N-ethyl adjacent to an activating group) is 1. The minimum atomic E-state index is -0.824. The van der Waals surface area contributed by atoms with Crippen LogP contribution in [0.2, 0.25) is 0 Å². The molecule has 3 nitrogen and oxygen atoms in total. The normalized spacial score (nSPS) is 17.8. The van der Waals surface area contributed by atoms with Gasteiger partial charge in [-0.15, -0.1) is 0 Å². The van der Waals surface area contributed by atoms with E-state index in [-0.39, 0.29) is 0 Å². The Morgan fingerprint density at radius 3 is 2.64 bits per heavy atom. The number of likely N-dealkylation sites (tertiary alicyclic amines) is 1. The summed E-state index contributed by atoms with van der Waals surface area (Å²) in [5.41, 5.74) is 1.42. The van der Waals surface area contributed by atoms with Crippen LogP contribution >= 0.6 is 0 Å². The first kappa shape index (κ1) is 9.21. The zero-order valence-electron chi connectivity index (χ0n) is 8.10. The second-order valence-electron chi connectivity index (χ2n) is 3.81. The van der Waals surface area contributed by atoms with Crippen LogP contribution in [0.25, 0.3) is 0 Å². The highest BCUT2D eigenvalue weighted by Crippen LogP contribution is 2.28. The smallest absolute Gasteiger partial charge is 0.335 e. The lowest BCUT2D eigenvalue weighted by molar-refractivity contribution is 0.0692. The largest absolute Gasteiger partial charge is 0.478 e. The van der Waals surface area contributed by atoms with E-state index in [1.807, 2.05) is 19.2 Å². The van der Waals surface area contributed by atoms with Crippen LogP contribution in [0.4, 0.5) is 0 Å². The zero-order valence-corrected chi connectivity index (χ0v) is 8.10. The van der Waals surface area contributed by atoms with E-state index in [0.717, 1.165) is 18.7 Å². The molecule has 1 aromatic rings. The summed E-state index contributed by atoms with van der Waals surface area (Å²) in [6, 6.07) is 7.27. The Morgan fingerprint density at radius 1 is 1.43 bits per heavy atom. The molecule has 0 atom stereocenters. The van der Waals surface area contributed by atoms with Crippen molar-refractivity contribution in [2.24, 2.45) is 0 Å². The molecule has 3 heteroatoms. The molecule has 1 aromatic carbocycles. The summed E-state index contributed by atoms with van der Waals surface area (Å²) in [4.78, 5) is 13.1. The quantitative estimate of drug-likeness (QED) is 0.768. The van der Waals surface area contributed by atoms with Crippen molar-refractivity contribution in [1.29, 1.82) is 0 Å². The van der Waals surface area contributed by atoms with E-state index in [1.54, 1.807) is 12.1 Å². The Morgan fingerprint density at radius 2 is 2.07 bits per heavy atom.